The Morgan fingerprint density at radius 1 is 1.40 bits per heavy atom. The van der Waals surface area contributed by atoms with E-state index in [-0.39, 0.29) is 0 Å². The van der Waals surface area contributed by atoms with Crippen molar-refractivity contribution in [2.24, 2.45) is 0 Å². The van der Waals surface area contributed by atoms with Crippen LogP contribution in [-0.4, -0.2) is 32.2 Å². The quantitative estimate of drug-likeness (QED) is 0.761. The molecule has 0 amide bonds. The van der Waals surface area contributed by atoms with Gasteiger partial charge in [0.1, 0.15) is 5.75 Å². The third-order valence-electron chi connectivity index (χ3n) is 3.61. The lowest BCUT2D eigenvalue weighted by molar-refractivity contribution is 0.344. The summed E-state index contributed by atoms with van der Waals surface area (Å²) in [5, 5.41) is 15.4. The van der Waals surface area contributed by atoms with Crippen LogP contribution in [0.15, 0.2) is 12.1 Å². The van der Waals surface area contributed by atoms with E-state index in [9.17, 15) is 0 Å². The molecule has 1 saturated carbocycles. The van der Waals surface area contributed by atoms with Crippen LogP contribution < -0.4 is 4.74 Å². The molecule has 0 spiro atoms. The van der Waals surface area contributed by atoms with Crippen LogP contribution in [0, 0.1) is 6.07 Å². The molecule has 0 unspecified atom stereocenters. The molecule has 4 rings (SSSR count). The normalized spacial score (nSPS) is 14.8. The lowest BCUT2D eigenvalue weighted by Gasteiger charge is -2.05. The number of H-pyrrole nitrogens is 2. The summed E-state index contributed by atoms with van der Waals surface area (Å²) in [6.45, 7) is 2.59. The van der Waals surface area contributed by atoms with Gasteiger partial charge in [-0.3, -0.25) is 0 Å². The minimum Gasteiger partial charge on any atom is -0.493 e. The van der Waals surface area contributed by atoms with Crippen molar-refractivity contribution in [2.75, 3.05) is 6.61 Å². The van der Waals surface area contributed by atoms with Crippen molar-refractivity contribution in [3.63, 3.8) is 0 Å². The van der Waals surface area contributed by atoms with E-state index in [1.165, 1.54) is 18.5 Å². The monoisotopic (exact) mass is 268 g/mol. The van der Waals surface area contributed by atoms with Gasteiger partial charge in [0, 0.05) is 5.69 Å². The molecule has 6 heteroatoms. The van der Waals surface area contributed by atoms with Crippen molar-refractivity contribution in [1.82, 2.24) is 25.6 Å². The predicted molar refractivity (Wildman–Crippen MR) is 73.5 cm³/mol. The zero-order chi connectivity index (χ0) is 13.5. The van der Waals surface area contributed by atoms with Crippen molar-refractivity contribution >= 4 is 10.9 Å². The van der Waals surface area contributed by atoms with Crippen molar-refractivity contribution < 1.29 is 4.74 Å². The molecule has 1 aromatic carbocycles. The first-order valence-corrected chi connectivity index (χ1v) is 6.81. The molecule has 0 aliphatic heterocycles. The van der Waals surface area contributed by atoms with Gasteiger partial charge in [-0.1, -0.05) is 0 Å². The molecule has 6 nitrogen and oxygen atoms in total. The molecule has 20 heavy (non-hydrogen) atoms. The molecule has 0 bridgehead atoms. The SMILES string of the molecule is CCOc1c[c]cc2[nH]c(C3CC3)c(-c3nnn[nH]3)c12. The average Bonchev–Trinajstić information content (AvgIpc) is 3.01. The lowest BCUT2D eigenvalue weighted by Crippen LogP contribution is -1.93. The second kappa shape index (κ2) is 4.33. The van der Waals surface area contributed by atoms with Crippen LogP contribution in [0.1, 0.15) is 31.4 Å². The Hall–Kier alpha value is -2.37. The smallest absolute Gasteiger partial charge is 0.182 e. The number of nitrogens with one attached hydrogen (secondary N) is 2. The Morgan fingerprint density at radius 2 is 2.30 bits per heavy atom. The number of hydrogen-bond donors (Lipinski definition) is 2. The molecule has 0 atom stereocenters. The molecular formula is C14H14N5O. The molecule has 101 valence electrons. The minimum atomic E-state index is 0.567. The molecule has 1 fully saturated rings. The van der Waals surface area contributed by atoms with Crippen molar-refractivity contribution in [3.8, 4) is 17.1 Å². The van der Waals surface area contributed by atoms with Crippen LogP contribution >= 0.6 is 0 Å². The molecule has 1 radical (unpaired) electrons. The van der Waals surface area contributed by atoms with Crippen molar-refractivity contribution in [2.45, 2.75) is 25.7 Å². The third-order valence-corrected chi connectivity index (χ3v) is 3.61. The van der Waals surface area contributed by atoms with E-state index in [1.807, 2.05) is 19.1 Å². The molecule has 0 saturated heterocycles. The lowest BCUT2D eigenvalue weighted by atomic mass is 10.1. The van der Waals surface area contributed by atoms with Gasteiger partial charge in [0.2, 0.25) is 0 Å². The molecule has 1 aliphatic carbocycles. The molecular weight excluding hydrogens is 254 g/mol. The second-order valence-electron chi connectivity index (χ2n) is 4.98. The summed E-state index contributed by atoms with van der Waals surface area (Å²) < 4.78 is 5.74. The molecule has 2 aromatic heterocycles. The van der Waals surface area contributed by atoms with Gasteiger partial charge in [-0.15, -0.1) is 5.10 Å². The van der Waals surface area contributed by atoms with E-state index in [2.05, 4.69) is 31.7 Å². The number of fused-ring (bicyclic) bond motifs is 1. The predicted octanol–water partition coefficient (Wildman–Crippen LogP) is 2.42. The summed E-state index contributed by atoms with van der Waals surface area (Å²) in [6, 6.07) is 6.92. The van der Waals surface area contributed by atoms with Crippen LogP contribution in [0.5, 0.6) is 5.75 Å². The van der Waals surface area contributed by atoms with E-state index in [0.29, 0.717) is 18.3 Å². The van der Waals surface area contributed by atoms with Crippen LogP contribution in [0.2, 0.25) is 0 Å². The summed E-state index contributed by atoms with van der Waals surface area (Å²) in [6.07, 6.45) is 2.41. The first-order valence-electron chi connectivity index (χ1n) is 6.81. The van der Waals surface area contributed by atoms with Crippen LogP contribution in [-0.2, 0) is 0 Å². The number of rotatable bonds is 4. The maximum atomic E-state index is 5.74. The van der Waals surface area contributed by atoms with Crippen LogP contribution in [0.25, 0.3) is 22.3 Å². The maximum absolute atomic E-state index is 5.74. The minimum absolute atomic E-state index is 0.567. The number of tetrazole rings is 1. The number of ether oxygens (including phenoxy) is 1. The highest BCUT2D eigenvalue weighted by molar-refractivity contribution is 6.00. The van der Waals surface area contributed by atoms with Crippen LogP contribution in [0.3, 0.4) is 0 Å². The highest BCUT2D eigenvalue weighted by Crippen LogP contribution is 2.47. The van der Waals surface area contributed by atoms with Crippen molar-refractivity contribution in [1.29, 1.82) is 0 Å². The largest absolute Gasteiger partial charge is 0.493 e. The van der Waals surface area contributed by atoms with Gasteiger partial charge in [0.05, 0.1) is 23.1 Å². The standard InChI is InChI=1S/C14H14N5O/c1-2-20-10-5-3-4-9-11(10)12(14-16-18-19-17-14)13(15-9)8-6-7-8/h4-5,8,15H,2,6-7H2,1H3,(H,16,17,18,19). The van der Waals surface area contributed by atoms with Gasteiger partial charge in [0.15, 0.2) is 5.82 Å². The highest BCUT2D eigenvalue weighted by atomic mass is 16.5. The first-order chi connectivity index (χ1) is 9.88. The molecule has 3 aromatic rings. The maximum Gasteiger partial charge on any atom is 0.182 e. The van der Waals surface area contributed by atoms with Crippen molar-refractivity contribution in [3.05, 3.63) is 23.9 Å². The summed E-state index contributed by atoms with van der Waals surface area (Å²) in [7, 11) is 0. The van der Waals surface area contributed by atoms with E-state index in [4.69, 9.17) is 4.74 Å². The molecule has 2 heterocycles. The molecule has 1 aliphatic rings. The van der Waals surface area contributed by atoms with Gasteiger partial charge in [-0.05, 0) is 54.3 Å². The van der Waals surface area contributed by atoms with E-state index in [0.717, 1.165) is 22.2 Å². The number of hydrogen-bond acceptors (Lipinski definition) is 4. The number of benzene rings is 1. The number of aromatic amines is 2. The zero-order valence-corrected chi connectivity index (χ0v) is 11.1. The van der Waals surface area contributed by atoms with E-state index in [1.54, 1.807) is 0 Å². The zero-order valence-electron chi connectivity index (χ0n) is 11.1. The number of aromatic nitrogens is 5. The summed E-state index contributed by atoms with van der Waals surface area (Å²) in [5.41, 5.74) is 3.24. The second-order valence-corrected chi connectivity index (χ2v) is 4.98. The fourth-order valence-electron chi connectivity index (χ4n) is 2.64. The Kier molecular flexibility index (Phi) is 2.48. The fraction of sp³-hybridized carbons (Fsp3) is 0.357. The molecule has 2 N–H and O–H groups in total. The van der Waals surface area contributed by atoms with Gasteiger partial charge in [-0.2, -0.15) is 0 Å². The Bertz CT molecular complexity index is 742. The Labute approximate surface area is 115 Å². The van der Waals surface area contributed by atoms with E-state index < -0.39 is 0 Å². The Morgan fingerprint density at radius 3 is 3.00 bits per heavy atom. The van der Waals surface area contributed by atoms with Gasteiger partial charge < -0.3 is 9.72 Å². The number of nitrogens with zero attached hydrogens (tertiary/aromatic N) is 3. The summed E-state index contributed by atoms with van der Waals surface area (Å²) in [4.78, 5) is 3.49. The topological polar surface area (TPSA) is 79.5 Å². The van der Waals surface area contributed by atoms with E-state index >= 15 is 0 Å². The Balaban J connectivity index is 2.03. The fourth-order valence-corrected chi connectivity index (χ4v) is 2.64. The van der Waals surface area contributed by atoms with Crippen LogP contribution in [0.4, 0.5) is 0 Å². The van der Waals surface area contributed by atoms with Gasteiger partial charge in [0.25, 0.3) is 0 Å². The third kappa shape index (κ3) is 1.68. The average molecular weight is 268 g/mol. The van der Waals surface area contributed by atoms with Gasteiger partial charge >= 0.3 is 0 Å². The van der Waals surface area contributed by atoms with Gasteiger partial charge in [-0.25, -0.2) is 5.10 Å². The highest BCUT2D eigenvalue weighted by Gasteiger charge is 2.31. The first kappa shape index (κ1) is 11.5. The summed E-state index contributed by atoms with van der Waals surface area (Å²) in [5.74, 6) is 2.07. The summed E-state index contributed by atoms with van der Waals surface area (Å²) >= 11 is 0.